The number of benzene rings is 1. The van der Waals surface area contributed by atoms with Crippen LogP contribution in [0.4, 0.5) is 0 Å². The van der Waals surface area contributed by atoms with Crippen LogP contribution in [0.1, 0.15) is 50.6 Å². The Morgan fingerprint density at radius 1 is 1.29 bits per heavy atom. The molecule has 0 saturated carbocycles. The first-order valence-electron chi connectivity index (χ1n) is 11.7. The maximum atomic E-state index is 13.2. The van der Waals surface area contributed by atoms with Crippen LogP contribution in [0.5, 0.6) is 11.5 Å². The molecular weight excluding hydrogens is 452 g/mol. The van der Waals surface area contributed by atoms with E-state index in [1.807, 2.05) is 35.7 Å². The predicted molar refractivity (Wildman–Crippen MR) is 129 cm³/mol. The summed E-state index contributed by atoms with van der Waals surface area (Å²) in [6, 6.07) is 9.69. The van der Waals surface area contributed by atoms with E-state index in [0.717, 1.165) is 54.3 Å². The van der Waals surface area contributed by atoms with Gasteiger partial charge in [-0.1, -0.05) is 11.2 Å². The van der Waals surface area contributed by atoms with Crippen molar-refractivity contribution < 1.29 is 18.8 Å². The lowest BCUT2D eigenvalue weighted by Crippen LogP contribution is -2.45. The second kappa shape index (κ2) is 9.38. The number of likely N-dealkylation sites (tertiary alicyclic amines) is 1. The highest BCUT2D eigenvalue weighted by molar-refractivity contribution is 7.13. The van der Waals surface area contributed by atoms with E-state index in [1.165, 1.54) is 0 Å². The molecule has 0 spiro atoms. The lowest BCUT2D eigenvalue weighted by Gasteiger charge is -2.39. The van der Waals surface area contributed by atoms with Gasteiger partial charge in [0.2, 0.25) is 17.6 Å². The molecule has 9 heteroatoms. The standard InChI is InChI=1S/C25H30N4O4S/c1-25(2)14-19(18-7-6-17(31-3)13-20(18)32-25)26-24(30)16-8-10-29(11-9-16)15-22-27-23(28-33-22)21-5-4-12-34-21/h4-7,12-13,16,19H,8-11,14-15H2,1-3H3,(H,26,30). The number of methoxy groups -OCH3 is 1. The maximum Gasteiger partial charge on any atom is 0.241 e. The number of aromatic nitrogens is 2. The molecule has 0 radical (unpaired) electrons. The lowest BCUT2D eigenvalue weighted by molar-refractivity contribution is -0.127. The molecule has 2 aliphatic rings. The summed E-state index contributed by atoms with van der Waals surface area (Å²) in [6.45, 7) is 6.35. The Kier molecular flexibility index (Phi) is 6.31. The van der Waals surface area contributed by atoms with Crippen LogP contribution >= 0.6 is 11.3 Å². The topological polar surface area (TPSA) is 89.7 Å². The summed E-state index contributed by atoms with van der Waals surface area (Å²) in [7, 11) is 1.64. The van der Waals surface area contributed by atoms with Gasteiger partial charge in [0.15, 0.2) is 0 Å². The minimum atomic E-state index is -0.368. The number of ether oxygens (including phenoxy) is 2. The smallest absolute Gasteiger partial charge is 0.241 e. The van der Waals surface area contributed by atoms with Crippen LogP contribution in [0, 0.1) is 5.92 Å². The maximum absolute atomic E-state index is 13.2. The highest BCUT2D eigenvalue weighted by Gasteiger charge is 2.36. The molecule has 1 aromatic carbocycles. The molecule has 1 saturated heterocycles. The number of carbonyl (C=O) groups is 1. The van der Waals surface area contributed by atoms with E-state index >= 15 is 0 Å². The van der Waals surface area contributed by atoms with Crippen molar-refractivity contribution in [2.75, 3.05) is 20.2 Å². The number of carbonyl (C=O) groups excluding carboxylic acids is 1. The fourth-order valence-electron chi connectivity index (χ4n) is 4.75. The molecule has 180 valence electrons. The van der Waals surface area contributed by atoms with Crippen LogP contribution in [-0.2, 0) is 11.3 Å². The summed E-state index contributed by atoms with van der Waals surface area (Å²) >= 11 is 1.59. The molecule has 2 aromatic heterocycles. The van der Waals surface area contributed by atoms with E-state index in [9.17, 15) is 4.79 Å². The number of hydrogen-bond donors (Lipinski definition) is 1. The number of thiophene rings is 1. The molecule has 8 nitrogen and oxygen atoms in total. The van der Waals surface area contributed by atoms with E-state index in [4.69, 9.17) is 14.0 Å². The summed E-state index contributed by atoms with van der Waals surface area (Å²) < 4.78 is 16.9. The number of rotatable bonds is 6. The minimum Gasteiger partial charge on any atom is -0.497 e. The first-order valence-corrected chi connectivity index (χ1v) is 12.5. The van der Waals surface area contributed by atoms with Crippen LogP contribution in [0.25, 0.3) is 10.7 Å². The molecule has 1 unspecified atom stereocenters. The van der Waals surface area contributed by atoms with Gasteiger partial charge in [-0.25, -0.2) is 0 Å². The molecule has 1 N–H and O–H groups in total. The first kappa shape index (κ1) is 22.9. The van der Waals surface area contributed by atoms with Gasteiger partial charge in [-0.2, -0.15) is 4.98 Å². The van der Waals surface area contributed by atoms with Crippen LogP contribution in [0.3, 0.4) is 0 Å². The fraction of sp³-hybridized carbons (Fsp3) is 0.480. The Balaban J connectivity index is 1.17. The Morgan fingerprint density at radius 2 is 2.12 bits per heavy atom. The van der Waals surface area contributed by atoms with Crippen molar-refractivity contribution in [3.63, 3.8) is 0 Å². The first-order chi connectivity index (χ1) is 16.4. The third kappa shape index (κ3) is 4.95. The van der Waals surface area contributed by atoms with Crippen molar-refractivity contribution in [3.8, 4) is 22.2 Å². The van der Waals surface area contributed by atoms with Gasteiger partial charge >= 0.3 is 0 Å². The van der Waals surface area contributed by atoms with Gasteiger partial charge in [0.25, 0.3) is 0 Å². The molecule has 2 aliphatic heterocycles. The zero-order valence-electron chi connectivity index (χ0n) is 19.7. The molecule has 1 amide bonds. The van der Waals surface area contributed by atoms with Gasteiger partial charge in [-0.05, 0) is 63.4 Å². The normalized spacial score (nSPS) is 20.4. The number of fused-ring (bicyclic) bond motifs is 1. The molecule has 34 heavy (non-hydrogen) atoms. The van der Waals surface area contributed by atoms with E-state index in [2.05, 4.69) is 34.2 Å². The number of nitrogens with zero attached hydrogens (tertiary/aromatic N) is 3. The number of nitrogens with one attached hydrogen (secondary N) is 1. The third-order valence-corrected chi connectivity index (χ3v) is 7.39. The van der Waals surface area contributed by atoms with Gasteiger partial charge < -0.3 is 19.3 Å². The number of piperidine rings is 1. The zero-order valence-corrected chi connectivity index (χ0v) is 20.6. The van der Waals surface area contributed by atoms with Gasteiger partial charge in [-0.15, -0.1) is 11.3 Å². The van der Waals surface area contributed by atoms with Crippen LogP contribution in [-0.4, -0.2) is 46.7 Å². The molecule has 1 fully saturated rings. The highest BCUT2D eigenvalue weighted by Crippen LogP contribution is 2.41. The fourth-order valence-corrected chi connectivity index (χ4v) is 5.40. The van der Waals surface area contributed by atoms with Gasteiger partial charge in [-0.3, -0.25) is 9.69 Å². The monoisotopic (exact) mass is 482 g/mol. The molecule has 1 atom stereocenters. The van der Waals surface area contributed by atoms with E-state index in [1.54, 1.807) is 18.4 Å². The summed E-state index contributed by atoms with van der Waals surface area (Å²) in [4.78, 5) is 21.0. The number of amides is 1. The van der Waals surface area contributed by atoms with Crippen molar-refractivity contribution in [2.45, 2.75) is 51.3 Å². The largest absolute Gasteiger partial charge is 0.497 e. The van der Waals surface area contributed by atoms with Gasteiger partial charge in [0, 0.05) is 24.0 Å². The van der Waals surface area contributed by atoms with Crippen molar-refractivity contribution in [3.05, 3.63) is 47.2 Å². The lowest BCUT2D eigenvalue weighted by atomic mass is 9.88. The van der Waals surface area contributed by atoms with Crippen molar-refractivity contribution >= 4 is 17.2 Å². The minimum absolute atomic E-state index is 0.00623. The summed E-state index contributed by atoms with van der Waals surface area (Å²) in [6.07, 6.45) is 2.33. The van der Waals surface area contributed by atoms with Crippen molar-refractivity contribution in [1.29, 1.82) is 0 Å². The molecule has 4 heterocycles. The third-order valence-electron chi connectivity index (χ3n) is 6.52. The van der Waals surface area contributed by atoms with E-state index < -0.39 is 0 Å². The quantitative estimate of drug-likeness (QED) is 0.556. The second-order valence-electron chi connectivity index (χ2n) is 9.57. The molecule has 0 aliphatic carbocycles. The SMILES string of the molecule is COc1ccc2c(c1)OC(C)(C)CC2NC(=O)C1CCN(Cc2nc(-c3cccs3)no2)CC1. The molecule has 5 rings (SSSR count). The Morgan fingerprint density at radius 3 is 2.85 bits per heavy atom. The zero-order chi connectivity index (χ0) is 23.7. The summed E-state index contributed by atoms with van der Waals surface area (Å²) in [5.41, 5.74) is 0.635. The summed E-state index contributed by atoms with van der Waals surface area (Å²) in [5.74, 6) is 2.88. The Hall–Kier alpha value is -2.91. The van der Waals surface area contributed by atoms with E-state index in [-0.39, 0.29) is 23.5 Å². The van der Waals surface area contributed by atoms with Gasteiger partial charge in [0.1, 0.15) is 17.1 Å². The molecular formula is C25H30N4O4S. The second-order valence-corrected chi connectivity index (χ2v) is 10.5. The number of hydrogen-bond acceptors (Lipinski definition) is 8. The Bertz CT molecular complexity index is 1140. The van der Waals surface area contributed by atoms with E-state index in [0.29, 0.717) is 18.3 Å². The molecule has 3 aromatic rings. The van der Waals surface area contributed by atoms with Crippen LogP contribution in [0.2, 0.25) is 0 Å². The predicted octanol–water partition coefficient (Wildman–Crippen LogP) is 4.44. The van der Waals surface area contributed by atoms with Crippen molar-refractivity contribution in [1.82, 2.24) is 20.4 Å². The average Bonchev–Trinajstić information content (AvgIpc) is 3.50. The summed E-state index contributed by atoms with van der Waals surface area (Å²) in [5, 5.41) is 9.39. The van der Waals surface area contributed by atoms with Crippen LogP contribution < -0.4 is 14.8 Å². The average molecular weight is 483 g/mol. The van der Waals surface area contributed by atoms with Crippen molar-refractivity contribution in [2.24, 2.45) is 5.92 Å². The van der Waals surface area contributed by atoms with Crippen LogP contribution in [0.15, 0.2) is 40.2 Å². The molecule has 0 bridgehead atoms. The highest BCUT2D eigenvalue weighted by atomic mass is 32.1. The Labute approximate surface area is 203 Å². The van der Waals surface area contributed by atoms with Gasteiger partial charge in [0.05, 0.1) is 24.6 Å².